The van der Waals surface area contributed by atoms with Crippen LogP contribution in [0.15, 0.2) is 0 Å². The molecule has 3 atom stereocenters. The number of rotatable bonds is 6. The van der Waals surface area contributed by atoms with Crippen molar-refractivity contribution in [3.05, 3.63) is 0 Å². The first-order valence-electron chi connectivity index (χ1n) is 7.27. The molecule has 0 aromatic heterocycles. The highest BCUT2D eigenvalue weighted by atomic mass is 35.5. The Labute approximate surface area is 124 Å². The quantitative estimate of drug-likeness (QED) is 0.782. The average Bonchev–Trinajstić information content (AvgIpc) is 2.37. The van der Waals surface area contributed by atoms with Crippen molar-refractivity contribution in [2.24, 2.45) is 5.92 Å². The predicted molar refractivity (Wildman–Crippen MR) is 82.8 cm³/mol. The van der Waals surface area contributed by atoms with Gasteiger partial charge in [-0.1, -0.05) is 6.92 Å². The lowest BCUT2D eigenvalue weighted by atomic mass is 9.91. The number of nitrogens with zero attached hydrogens (tertiary/aromatic N) is 1. The Morgan fingerprint density at radius 2 is 2.21 bits per heavy atom. The molecule has 0 aromatic carbocycles. The van der Waals surface area contributed by atoms with Crippen molar-refractivity contribution >= 4 is 18.3 Å². The van der Waals surface area contributed by atoms with Crippen molar-refractivity contribution in [1.82, 2.24) is 15.5 Å². The Bertz CT molecular complexity index is 263. The number of likely N-dealkylation sites (N-methyl/N-ethyl adjacent to an activating group) is 1. The number of carbonyl (C=O) groups excluding carboxylic acids is 1. The summed E-state index contributed by atoms with van der Waals surface area (Å²) in [4.78, 5) is 14.4. The van der Waals surface area contributed by atoms with Gasteiger partial charge in [0.2, 0.25) is 5.91 Å². The summed E-state index contributed by atoms with van der Waals surface area (Å²) in [6, 6.07) is 0.892. The van der Waals surface area contributed by atoms with Crippen LogP contribution in [0.4, 0.5) is 0 Å². The van der Waals surface area contributed by atoms with Gasteiger partial charge in [0, 0.05) is 25.2 Å². The summed E-state index contributed by atoms with van der Waals surface area (Å²) in [7, 11) is 2.12. The monoisotopic (exact) mass is 291 g/mol. The molecule has 2 N–H and O–H groups in total. The minimum Gasteiger partial charge on any atom is -0.355 e. The predicted octanol–water partition coefficient (Wildman–Crippen LogP) is 1.64. The first-order valence-corrected chi connectivity index (χ1v) is 7.27. The molecule has 4 nitrogen and oxygen atoms in total. The van der Waals surface area contributed by atoms with E-state index in [1.54, 1.807) is 0 Å². The average molecular weight is 292 g/mol. The third-order valence-corrected chi connectivity index (χ3v) is 4.21. The molecule has 19 heavy (non-hydrogen) atoms. The van der Waals surface area contributed by atoms with Crippen molar-refractivity contribution in [3.63, 3.8) is 0 Å². The lowest BCUT2D eigenvalue weighted by molar-refractivity contribution is -0.126. The number of hydrogen-bond donors (Lipinski definition) is 2. The number of hydrogen-bond acceptors (Lipinski definition) is 3. The van der Waals surface area contributed by atoms with Crippen LogP contribution in [-0.4, -0.2) is 49.6 Å². The van der Waals surface area contributed by atoms with E-state index in [1.165, 1.54) is 0 Å². The molecule has 0 bridgehead atoms. The van der Waals surface area contributed by atoms with Crippen LogP contribution in [0.5, 0.6) is 0 Å². The first-order chi connectivity index (χ1) is 8.56. The summed E-state index contributed by atoms with van der Waals surface area (Å²) in [6.07, 6.45) is 3.27. The minimum atomic E-state index is 0. The Morgan fingerprint density at radius 1 is 1.53 bits per heavy atom. The van der Waals surface area contributed by atoms with Gasteiger partial charge >= 0.3 is 0 Å². The molecule has 1 saturated heterocycles. The summed E-state index contributed by atoms with van der Waals surface area (Å²) in [5.41, 5.74) is 0. The fourth-order valence-electron chi connectivity index (χ4n) is 2.42. The molecule has 114 valence electrons. The highest BCUT2D eigenvalue weighted by molar-refractivity contribution is 5.85. The van der Waals surface area contributed by atoms with Gasteiger partial charge in [0.1, 0.15) is 0 Å². The van der Waals surface area contributed by atoms with Crippen molar-refractivity contribution in [2.75, 3.05) is 26.7 Å². The molecule has 5 heteroatoms. The fraction of sp³-hybridized carbons (Fsp3) is 0.929. The zero-order chi connectivity index (χ0) is 13.5. The Hall–Kier alpha value is -0.320. The van der Waals surface area contributed by atoms with E-state index < -0.39 is 0 Å². The number of carbonyl (C=O) groups is 1. The lowest BCUT2D eigenvalue weighted by Gasteiger charge is -2.29. The van der Waals surface area contributed by atoms with Gasteiger partial charge in [-0.05, 0) is 46.7 Å². The third kappa shape index (κ3) is 6.11. The molecule has 1 fully saturated rings. The second-order valence-electron chi connectivity index (χ2n) is 5.52. The van der Waals surface area contributed by atoms with Crippen LogP contribution in [0.25, 0.3) is 0 Å². The molecular formula is C14H30ClN3O. The molecule has 0 radical (unpaired) electrons. The van der Waals surface area contributed by atoms with Crippen LogP contribution in [-0.2, 0) is 4.79 Å². The fourth-order valence-corrected chi connectivity index (χ4v) is 2.42. The normalized spacial score (nSPS) is 24.7. The van der Waals surface area contributed by atoms with Crippen molar-refractivity contribution in [1.29, 1.82) is 0 Å². The van der Waals surface area contributed by atoms with Gasteiger partial charge in [-0.2, -0.15) is 0 Å². The summed E-state index contributed by atoms with van der Waals surface area (Å²) in [6.45, 7) is 9.23. The largest absolute Gasteiger partial charge is 0.355 e. The van der Waals surface area contributed by atoms with Gasteiger partial charge in [-0.3, -0.25) is 4.79 Å². The van der Waals surface area contributed by atoms with Gasteiger partial charge in [0.15, 0.2) is 0 Å². The van der Waals surface area contributed by atoms with Gasteiger partial charge in [0.05, 0.1) is 5.92 Å². The van der Waals surface area contributed by atoms with Gasteiger partial charge in [-0.25, -0.2) is 0 Å². The van der Waals surface area contributed by atoms with E-state index in [2.05, 4.69) is 43.4 Å². The SMILES string of the molecule is CCC(C)N(C)CCNC(=O)C1CCCNC1C.Cl. The summed E-state index contributed by atoms with van der Waals surface area (Å²) in [5, 5.41) is 6.44. The van der Waals surface area contributed by atoms with E-state index in [4.69, 9.17) is 0 Å². The maximum absolute atomic E-state index is 12.1. The topological polar surface area (TPSA) is 44.4 Å². The van der Waals surface area contributed by atoms with Crippen LogP contribution >= 0.6 is 12.4 Å². The Kier molecular flexibility index (Phi) is 9.40. The molecule has 0 saturated carbocycles. The first kappa shape index (κ1) is 18.7. The summed E-state index contributed by atoms with van der Waals surface area (Å²) < 4.78 is 0. The van der Waals surface area contributed by atoms with Crippen LogP contribution in [0.1, 0.15) is 40.0 Å². The molecule has 1 aliphatic rings. The van der Waals surface area contributed by atoms with E-state index in [-0.39, 0.29) is 24.2 Å². The third-order valence-electron chi connectivity index (χ3n) is 4.21. The van der Waals surface area contributed by atoms with E-state index in [1.807, 2.05) is 0 Å². The zero-order valence-corrected chi connectivity index (χ0v) is 13.6. The van der Waals surface area contributed by atoms with Crippen LogP contribution < -0.4 is 10.6 Å². The maximum Gasteiger partial charge on any atom is 0.224 e. The van der Waals surface area contributed by atoms with E-state index in [0.717, 1.165) is 38.9 Å². The van der Waals surface area contributed by atoms with E-state index >= 15 is 0 Å². The lowest BCUT2D eigenvalue weighted by Crippen LogP contribution is -2.48. The highest BCUT2D eigenvalue weighted by Crippen LogP contribution is 2.16. The molecule has 1 aliphatic heterocycles. The molecule has 1 amide bonds. The molecule has 0 aliphatic carbocycles. The van der Waals surface area contributed by atoms with E-state index in [0.29, 0.717) is 12.1 Å². The van der Waals surface area contributed by atoms with Gasteiger partial charge in [0.25, 0.3) is 0 Å². The number of nitrogens with one attached hydrogen (secondary N) is 2. The van der Waals surface area contributed by atoms with Crippen molar-refractivity contribution in [3.8, 4) is 0 Å². The van der Waals surface area contributed by atoms with Crippen LogP contribution in [0.3, 0.4) is 0 Å². The van der Waals surface area contributed by atoms with E-state index in [9.17, 15) is 4.79 Å². The molecule has 1 heterocycles. The number of amides is 1. The smallest absolute Gasteiger partial charge is 0.224 e. The summed E-state index contributed by atoms with van der Waals surface area (Å²) >= 11 is 0. The molecule has 1 rings (SSSR count). The highest BCUT2D eigenvalue weighted by Gasteiger charge is 2.27. The maximum atomic E-state index is 12.1. The molecule has 0 spiro atoms. The Balaban J connectivity index is 0.00000324. The molecular weight excluding hydrogens is 262 g/mol. The van der Waals surface area contributed by atoms with Crippen LogP contribution in [0.2, 0.25) is 0 Å². The number of piperidine rings is 1. The van der Waals surface area contributed by atoms with Crippen molar-refractivity contribution in [2.45, 2.75) is 52.1 Å². The zero-order valence-electron chi connectivity index (χ0n) is 12.7. The second kappa shape index (κ2) is 9.56. The summed E-state index contributed by atoms with van der Waals surface area (Å²) in [5.74, 6) is 0.361. The number of halogens is 1. The second-order valence-corrected chi connectivity index (χ2v) is 5.52. The Morgan fingerprint density at radius 3 is 2.79 bits per heavy atom. The van der Waals surface area contributed by atoms with Gasteiger partial charge < -0.3 is 15.5 Å². The van der Waals surface area contributed by atoms with Gasteiger partial charge in [-0.15, -0.1) is 12.4 Å². The van der Waals surface area contributed by atoms with Crippen LogP contribution in [0, 0.1) is 5.92 Å². The minimum absolute atomic E-state index is 0. The molecule has 3 unspecified atom stereocenters. The van der Waals surface area contributed by atoms with Crippen molar-refractivity contribution < 1.29 is 4.79 Å². The standard InChI is InChI=1S/C14H29N3O.ClH/c1-5-11(2)17(4)10-9-16-14(18)13-7-6-8-15-12(13)3;/h11-13,15H,5-10H2,1-4H3,(H,16,18);1H. The molecule has 0 aromatic rings.